The molecule has 1 fully saturated rings. The van der Waals surface area contributed by atoms with E-state index >= 15 is 0 Å². The van der Waals surface area contributed by atoms with Gasteiger partial charge < -0.3 is 19.9 Å². The molecule has 1 aromatic carbocycles. The summed E-state index contributed by atoms with van der Waals surface area (Å²) < 4.78 is 35.9. The maximum Gasteiger partial charge on any atom is 0.255 e. The van der Waals surface area contributed by atoms with Crippen LogP contribution in [0.3, 0.4) is 0 Å². The fourth-order valence-electron chi connectivity index (χ4n) is 4.24. The number of halogens is 2. The van der Waals surface area contributed by atoms with Crippen molar-refractivity contribution >= 4 is 5.91 Å². The van der Waals surface area contributed by atoms with Crippen LogP contribution in [-0.2, 0) is 19.6 Å². The zero-order chi connectivity index (χ0) is 26.6. The molecular formula is C27H26F2N6O3. The number of hydrogen-bond donors (Lipinski definition) is 2. The highest BCUT2D eigenvalue weighted by atomic mass is 19.1. The molecule has 4 heterocycles. The number of ether oxygens (including phenoxy) is 1. The van der Waals surface area contributed by atoms with Crippen LogP contribution in [0.2, 0.25) is 0 Å². The van der Waals surface area contributed by atoms with Gasteiger partial charge in [-0.3, -0.25) is 19.3 Å². The molecule has 38 heavy (non-hydrogen) atoms. The minimum Gasteiger partial charge on any atom is -0.494 e. The Kier molecular flexibility index (Phi) is 7.27. The van der Waals surface area contributed by atoms with Crippen molar-refractivity contribution in [3.63, 3.8) is 0 Å². The molecule has 3 aromatic heterocycles. The quantitative estimate of drug-likeness (QED) is 0.352. The highest BCUT2D eigenvalue weighted by molar-refractivity contribution is 5.95. The average molecular weight is 521 g/mol. The summed E-state index contributed by atoms with van der Waals surface area (Å²) in [5.41, 5.74) is 2.71. The van der Waals surface area contributed by atoms with Crippen molar-refractivity contribution in [2.45, 2.75) is 25.6 Å². The number of rotatable bonds is 9. The van der Waals surface area contributed by atoms with E-state index in [0.29, 0.717) is 17.8 Å². The lowest BCUT2D eigenvalue weighted by Gasteiger charge is -2.26. The molecule has 1 saturated heterocycles. The van der Waals surface area contributed by atoms with Crippen molar-refractivity contribution in [1.29, 1.82) is 0 Å². The molecule has 0 aliphatic carbocycles. The highest BCUT2D eigenvalue weighted by Crippen LogP contribution is 2.23. The second-order valence-corrected chi connectivity index (χ2v) is 9.07. The van der Waals surface area contributed by atoms with Gasteiger partial charge in [0.1, 0.15) is 5.82 Å². The van der Waals surface area contributed by atoms with Gasteiger partial charge >= 0.3 is 0 Å². The van der Waals surface area contributed by atoms with E-state index < -0.39 is 11.6 Å². The number of pyridine rings is 2. The fourth-order valence-corrected chi connectivity index (χ4v) is 4.24. The van der Waals surface area contributed by atoms with E-state index in [1.807, 2.05) is 24.3 Å². The lowest BCUT2D eigenvalue weighted by atomic mass is 9.96. The molecule has 9 nitrogen and oxygen atoms in total. The fraction of sp³-hybridized carbons (Fsp3) is 0.259. The standard InChI is InChI=1S/C27H26F2N6O3/c1-38-23-8-9-31-22(25(23)29)12-32-27(37)21-16-35(33-26(21)19-10-30-11-19)14-18-4-2-17(3-5-18)13-34-15-20(28)6-7-24(34)36/h2-9,15-16,19,30H,10-14H2,1H3,(H,32,37). The smallest absolute Gasteiger partial charge is 0.255 e. The Hall–Kier alpha value is -4.38. The number of hydrogen-bond acceptors (Lipinski definition) is 6. The monoisotopic (exact) mass is 520 g/mol. The van der Waals surface area contributed by atoms with Gasteiger partial charge in [0.2, 0.25) is 0 Å². The molecule has 0 bridgehead atoms. The summed E-state index contributed by atoms with van der Waals surface area (Å²) in [7, 11) is 1.37. The van der Waals surface area contributed by atoms with Crippen molar-refractivity contribution in [3.05, 3.63) is 111 Å². The van der Waals surface area contributed by atoms with Crippen LogP contribution in [0, 0.1) is 11.6 Å². The van der Waals surface area contributed by atoms with Crippen molar-refractivity contribution in [2.75, 3.05) is 20.2 Å². The lowest BCUT2D eigenvalue weighted by Crippen LogP contribution is -2.41. The van der Waals surface area contributed by atoms with Crippen LogP contribution in [0.15, 0.2) is 65.8 Å². The number of carbonyl (C=O) groups excluding carboxylic acids is 1. The van der Waals surface area contributed by atoms with Gasteiger partial charge in [-0.2, -0.15) is 5.10 Å². The molecule has 11 heteroatoms. The first kappa shape index (κ1) is 25.3. The van der Waals surface area contributed by atoms with Crippen LogP contribution >= 0.6 is 0 Å². The first-order valence-corrected chi connectivity index (χ1v) is 12.1. The van der Waals surface area contributed by atoms with Crippen molar-refractivity contribution in [1.82, 2.24) is 30.0 Å². The van der Waals surface area contributed by atoms with Crippen LogP contribution in [-0.4, -0.2) is 45.4 Å². The first-order chi connectivity index (χ1) is 18.4. The van der Waals surface area contributed by atoms with E-state index in [0.717, 1.165) is 30.3 Å². The third-order valence-corrected chi connectivity index (χ3v) is 6.43. The van der Waals surface area contributed by atoms with Gasteiger partial charge in [0.05, 0.1) is 43.7 Å². The largest absolute Gasteiger partial charge is 0.494 e. The molecule has 0 unspecified atom stereocenters. The second-order valence-electron chi connectivity index (χ2n) is 9.07. The van der Waals surface area contributed by atoms with Gasteiger partial charge in [-0.25, -0.2) is 8.78 Å². The molecule has 1 amide bonds. The predicted molar refractivity (Wildman–Crippen MR) is 135 cm³/mol. The molecule has 0 radical (unpaired) electrons. The molecule has 1 aliphatic rings. The maximum absolute atomic E-state index is 14.4. The van der Waals surface area contributed by atoms with Crippen LogP contribution in [0.25, 0.3) is 0 Å². The van der Waals surface area contributed by atoms with Crippen LogP contribution in [0.1, 0.15) is 38.8 Å². The number of benzene rings is 1. The lowest BCUT2D eigenvalue weighted by molar-refractivity contribution is 0.0948. The first-order valence-electron chi connectivity index (χ1n) is 12.1. The summed E-state index contributed by atoms with van der Waals surface area (Å²) >= 11 is 0. The number of methoxy groups -OCH3 is 1. The van der Waals surface area contributed by atoms with E-state index in [1.54, 1.807) is 10.9 Å². The molecule has 2 N–H and O–H groups in total. The zero-order valence-corrected chi connectivity index (χ0v) is 20.7. The SMILES string of the molecule is COc1ccnc(CNC(=O)c2cn(Cc3ccc(Cn4cc(F)ccc4=O)cc3)nc2C2CNC2)c1F. The molecule has 4 aromatic rings. The van der Waals surface area contributed by atoms with E-state index in [9.17, 15) is 18.4 Å². The number of nitrogens with zero attached hydrogens (tertiary/aromatic N) is 4. The highest BCUT2D eigenvalue weighted by Gasteiger charge is 2.28. The summed E-state index contributed by atoms with van der Waals surface area (Å²) in [6, 6.07) is 11.3. The summed E-state index contributed by atoms with van der Waals surface area (Å²) in [4.78, 5) is 29.0. The molecule has 196 valence electrons. The van der Waals surface area contributed by atoms with Crippen LogP contribution < -0.4 is 20.9 Å². The summed E-state index contributed by atoms with van der Waals surface area (Å²) in [6.45, 7) is 2.03. The van der Waals surface area contributed by atoms with E-state index in [2.05, 4.69) is 20.7 Å². The number of nitrogens with one attached hydrogen (secondary N) is 2. The van der Waals surface area contributed by atoms with Gasteiger partial charge in [0.25, 0.3) is 11.5 Å². The van der Waals surface area contributed by atoms with Crippen molar-refractivity contribution in [3.8, 4) is 5.75 Å². The zero-order valence-electron chi connectivity index (χ0n) is 20.7. The Labute approximate surface area is 217 Å². The predicted octanol–water partition coefficient (Wildman–Crippen LogP) is 2.44. The van der Waals surface area contributed by atoms with Crippen LogP contribution in [0.4, 0.5) is 8.78 Å². The number of amides is 1. The van der Waals surface area contributed by atoms with Crippen molar-refractivity contribution < 1.29 is 18.3 Å². The number of carbonyl (C=O) groups is 1. The van der Waals surface area contributed by atoms with Crippen molar-refractivity contribution in [2.24, 2.45) is 0 Å². The van der Waals surface area contributed by atoms with Gasteiger partial charge in [-0.15, -0.1) is 0 Å². The molecule has 1 aliphatic heterocycles. The van der Waals surface area contributed by atoms with E-state index in [4.69, 9.17) is 4.74 Å². The maximum atomic E-state index is 14.4. The third-order valence-electron chi connectivity index (χ3n) is 6.43. The summed E-state index contributed by atoms with van der Waals surface area (Å²) in [5, 5.41) is 10.6. The molecule has 0 atom stereocenters. The van der Waals surface area contributed by atoms with Gasteiger partial charge in [-0.05, 0) is 17.2 Å². The van der Waals surface area contributed by atoms with Gasteiger partial charge in [0.15, 0.2) is 11.6 Å². The Morgan fingerprint density at radius 1 is 1.08 bits per heavy atom. The van der Waals surface area contributed by atoms with Gasteiger partial charge in [-0.1, -0.05) is 24.3 Å². The summed E-state index contributed by atoms with van der Waals surface area (Å²) in [5.74, 6) is -1.27. The molecular weight excluding hydrogens is 494 g/mol. The molecule has 0 spiro atoms. The topological polar surface area (TPSA) is 103 Å². The van der Waals surface area contributed by atoms with E-state index in [1.165, 1.54) is 36.2 Å². The number of aromatic nitrogens is 4. The minimum atomic E-state index is -0.611. The Morgan fingerprint density at radius 2 is 1.82 bits per heavy atom. The van der Waals surface area contributed by atoms with Gasteiger partial charge in [0, 0.05) is 49.7 Å². The third kappa shape index (κ3) is 5.47. The normalized spacial score (nSPS) is 13.2. The molecule has 5 rings (SSSR count). The van der Waals surface area contributed by atoms with Crippen LogP contribution in [0.5, 0.6) is 5.75 Å². The summed E-state index contributed by atoms with van der Waals surface area (Å²) in [6.07, 6.45) is 4.30. The Morgan fingerprint density at radius 3 is 2.50 bits per heavy atom. The average Bonchev–Trinajstić information content (AvgIpc) is 3.28. The molecule has 0 saturated carbocycles. The minimum absolute atomic E-state index is 0.0623. The van der Waals surface area contributed by atoms with E-state index in [-0.39, 0.29) is 41.9 Å². The Bertz CT molecular complexity index is 1510. The Balaban J connectivity index is 1.29. The second kappa shape index (κ2) is 10.9.